The highest BCUT2D eigenvalue weighted by atomic mass is 16.7. The third-order valence-corrected chi connectivity index (χ3v) is 5.56. The van der Waals surface area contributed by atoms with Gasteiger partial charge < -0.3 is 14.4 Å². The molecule has 1 amide bonds. The lowest BCUT2D eigenvalue weighted by molar-refractivity contribution is -0.147. The highest BCUT2D eigenvalue weighted by molar-refractivity contribution is 6.00. The van der Waals surface area contributed by atoms with Crippen molar-refractivity contribution < 1.29 is 14.3 Å². The molecule has 3 heterocycles. The van der Waals surface area contributed by atoms with Crippen molar-refractivity contribution in [1.82, 2.24) is 4.90 Å². The van der Waals surface area contributed by atoms with E-state index in [-0.39, 0.29) is 11.9 Å². The highest BCUT2D eigenvalue weighted by Gasteiger charge is 2.48. The van der Waals surface area contributed by atoms with Crippen LogP contribution in [0.4, 0.5) is 5.69 Å². The summed E-state index contributed by atoms with van der Waals surface area (Å²) in [6.07, 6.45) is 1.74. The number of amides is 1. The third kappa shape index (κ3) is 2.55. The summed E-state index contributed by atoms with van der Waals surface area (Å²) >= 11 is 0. The van der Waals surface area contributed by atoms with Gasteiger partial charge in [-0.3, -0.25) is 9.69 Å². The molecule has 3 saturated heterocycles. The number of ether oxygens (including phenoxy) is 2. The van der Waals surface area contributed by atoms with E-state index in [1.165, 1.54) is 16.7 Å². The molecule has 3 aliphatic rings. The second-order valence-electron chi connectivity index (χ2n) is 7.37. The predicted molar refractivity (Wildman–Crippen MR) is 92.2 cm³/mol. The van der Waals surface area contributed by atoms with Gasteiger partial charge in [-0.05, 0) is 38.3 Å². The number of likely N-dealkylation sites (tertiary alicyclic amines) is 1. The standard InChI is InChI=1S/C19H26N2O3/c1-13-10-14(2)17(15(3)11-13)21-6-4-16(18(21)22)20-7-5-19(12-20)23-8-9-24-19/h10-11,16H,4-9,12H2,1-3H3/t16-/m1/s1. The number of hydrogen-bond donors (Lipinski definition) is 0. The van der Waals surface area contributed by atoms with Crippen LogP contribution in [-0.2, 0) is 14.3 Å². The summed E-state index contributed by atoms with van der Waals surface area (Å²) in [4.78, 5) is 17.3. The smallest absolute Gasteiger partial charge is 0.244 e. The highest BCUT2D eigenvalue weighted by Crippen LogP contribution is 2.36. The molecule has 4 rings (SSSR count). The van der Waals surface area contributed by atoms with Crippen molar-refractivity contribution in [3.63, 3.8) is 0 Å². The molecule has 1 atom stereocenters. The number of nitrogens with zero attached hydrogens (tertiary/aromatic N) is 2. The maximum Gasteiger partial charge on any atom is 0.244 e. The lowest BCUT2D eigenvalue weighted by Crippen LogP contribution is -2.43. The number of rotatable bonds is 2. The molecular weight excluding hydrogens is 304 g/mol. The van der Waals surface area contributed by atoms with Gasteiger partial charge in [-0.15, -0.1) is 0 Å². The quantitative estimate of drug-likeness (QED) is 0.833. The summed E-state index contributed by atoms with van der Waals surface area (Å²) in [5.74, 6) is -0.233. The van der Waals surface area contributed by atoms with Crippen molar-refractivity contribution in [1.29, 1.82) is 0 Å². The normalized spacial score (nSPS) is 26.9. The van der Waals surface area contributed by atoms with Gasteiger partial charge in [0.25, 0.3) is 0 Å². The lowest BCUT2D eigenvalue weighted by Gasteiger charge is -2.27. The van der Waals surface area contributed by atoms with Crippen LogP contribution in [0.2, 0.25) is 0 Å². The molecule has 1 aromatic rings. The van der Waals surface area contributed by atoms with E-state index in [2.05, 4.69) is 37.8 Å². The van der Waals surface area contributed by atoms with Gasteiger partial charge in [0, 0.05) is 25.2 Å². The summed E-state index contributed by atoms with van der Waals surface area (Å²) in [7, 11) is 0. The maximum atomic E-state index is 13.1. The van der Waals surface area contributed by atoms with Crippen molar-refractivity contribution in [2.24, 2.45) is 0 Å². The molecular formula is C19H26N2O3. The Kier molecular flexibility index (Phi) is 3.90. The Bertz CT molecular complexity index is 644. The van der Waals surface area contributed by atoms with Gasteiger partial charge in [0.05, 0.1) is 25.8 Å². The molecule has 1 spiro atoms. The van der Waals surface area contributed by atoms with E-state index in [0.717, 1.165) is 31.6 Å². The fourth-order valence-corrected chi connectivity index (χ4v) is 4.60. The summed E-state index contributed by atoms with van der Waals surface area (Å²) in [6.45, 7) is 10.0. The Morgan fingerprint density at radius 2 is 1.75 bits per heavy atom. The van der Waals surface area contributed by atoms with Gasteiger partial charge in [0.2, 0.25) is 5.91 Å². The molecule has 1 aromatic carbocycles. The van der Waals surface area contributed by atoms with Crippen LogP contribution in [0.25, 0.3) is 0 Å². The molecule has 0 aromatic heterocycles. The Morgan fingerprint density at radius 3 is 2.42 bits per heavy atom. The first kappa shape index (κ1) is 16.1. The molecule has 24 heavy (non-hydrogen) atoms. The number of hydrogen-bond acceptors (Lipinski definition) is 4. The summed E-state index contributed by atoms with van der Waals surface area (Å²) < 4.78 is 11.6. The molecule has 3 aliphatic heterocycles. The van der Waals surface area contributed by atoms with Gasteiger partial charge >= 0.3 is 0 Å². The average Bonchev–Trinajstić information content (AvgIpc) is 3.22. The van der Waals surface area contributed by atoms with Crippen LogP contribution in [0.15, 0.2) is 12.1 Å². The molecule has 0 N–H and O–H groups in total. The Morgan fingerprint density at radius 1 is 1.08 bits per heavy atom. The largest absolute Gasteiger partial charge is 0.346 e. The molecule has 0 aliphatic carbocycles. The number of anilines is 1. The second kappa shape index (κ2) is 5.83. The Hall–Kier alpha value is -1.43. The fraction of sp³-hybridized carbons (Fsp3) is 0.632. The predicted octanol–water partition coefficient (Wildman–Crippen LogP) is 2.17. The summed E-state index contributed by atoms with van der Waals surface area (Å²) in [6, 6.07) is 4.28. The zero-order chi connectivity index (χ0) is 16.9. The first-order chi connectivity index (χ1) is 11.5. The molecule has 0 radical (unpaired) electrons. The number of carbonyl (C=O) groups excluding carboxylic acids is 1. The zero-order valence-corrected chi connectivity index (χ0v) is 14.8. The van der Waals surface area contributed by atoms with E-state index in [4.69, 9.17) is 9.47 Å². The van der Waals surface area contributed by atoms with Crippen molar-refractivity contribution in [3.8, 4) is 0 Å². The Balaban J connectivity index is 1.53. The SMILES string of the molecule is Cc1cc(C)c(N2CC[C@@H](N3CCC4(C3)OCCO4)C2=O)c(C)c1. The van der Waals surface area contributed by atoms with Crippen molar-refractivity contribution >= 4 is 11.6 Å². The van der Waals surface area contributed by atoms with E-state index in [0.29, 0.717) is 19.8 Å². The van der Waals surface area contributed by atoms with Crippen LogP contribution in [-0.4, -0.2) is 55.5 Å². The van der Waals surface area contributed by atoms with Gasteiger partial charge in [-0.1, -0.05) is 17.7 Å². The van der Waals surface area contributed by atoms with Crippen LogP contribution in [0.5, 0.6) is 0 Å². The number of benzene rings is 1. The van der Waals surface area contributed by atoms with E-state index in [9.17, 15) is 4.79 Å². The van der Waals surface area contributed by atoms with E-state index < -0.39 is 5.79 Å². The number of aryl methyl sites for hydroxylation is 3. The number of carbonyl (C=O) groups is 1. The van der Waals surface area contributed by atoms with Crippen LogP contribution in [0, 0.1) is 20.8 Å². The molecule has 5 heteroatoms. The topological polar surface area (TPSA) is 42.0 Å². The lowest BCUT2D eigenvalue weighted by atomic mass is 10.0. The van der Waals surface area contributed by atoms with Crippen LogP contribution in [0.1, 0.15) is 29.5 Å². The van der Waals surface area contributed by atoms with Gasteiger partial charge in [-0.25, -0.2) is 0 Å². The first-order valence-electron chi connectivity index (χ1n) is 8.90. The maximum absolute atomic E-state index is 13.1. The zero-order valence-electron chi connectivity index (χ0n) is 14.8. The summed E-state index contributed by atoms with van der Waals surface area (Å²) in [5, 5.41) is 0. The van der Waals surface area contributed by atoms with E-state index in [1.54, 1.807) is 0 Å². The van der Waals surface area contributed by atoms with Crippen LogP contribution in [0.3, 0.4) is 0 Å². The second-order valence-corrected chi connectivity index (χ2v) is 7.37. The molecule has 3 fully saturated rings. The van der Waals surface area contributed by atoms with Crippen molar-refractivity contribution in [2.75, 3.05) is 37.7 Å². The minimum atomic E-state index is -0.455. The minimum Gasteiger partial charge on any atom is -0.346 e. The van der Waals surface area contributed by atoms with E-state index in [1.807, 2.05) is 4.90 Å². The molecule has 5 nitrogen and oxygen atoms in total. The van der Waals surface area contributed by atoms with Gasteiger partial charge in [-0.2, -0.15) is 0 Å². The minimum absolute atomic E-state index is 0.0442. The monoisotopic (exact) mass is 330 g/mol. The Labute approximate surface area is 143 Å². The van der Waals surface area contributed by atoms with Crippen molar-refractivity contribution in [2.45, 2.75) is 45.4 Å². The molecule has 0 bridgehead atoms. The fourth-order valence-electron chi connectivity index (χ4n) is 4.60. The van der Waals surface area contributed by atoms with E-state index >= 15 is 0 Å². The van der Waals surface area contributed by atoms with Gasteiger partial charge in [0.15, 0.2) is 5.79 Å². The first-order valence-corrected chi connectivity index (χ1v) is 8.90. The van der Waals surface area contributed by atoms with Crippen LogP contribution < -0.4 is 4.90 Å². The summed E-state index contributed by atoms with van der Waals surface area (Å²) in [5.41, 5.74) is 4.70. The third-order valence-electron chi connectivity index (χ3n) is 5.56. The van der Waals surface area contributed by atoms with Crippen LogP contribution >= 0.6 is 0 Å². The molecule has 130 valence electrons. The average molecular weight is 330 g/mol. The molecule has 0 unspecified atom stereocenters. The molecule has 0 saturated carbocycles. The van der Waals surface area contributed by atoms with Gasteiger partial charge in [0.1, 0.15) is 0 Å². The van der Waals surface area contributed by atoms with Crippen molar-refractivity contribution in [3.05, 3.63) is 28.8 Å².